The van der Waals surface area contributed by atoms with Crippen LogP contribution in [0.25, 0.3) is 5.78 Å². The Morgan fingerprint density at radius 3 is 3.06 bits per heavy atom. The Balaban J connectivity index is 2.40. The highest BCUT2D eigenvalue weighted by atomic mass is 35.5. The van der Waals surface area contributed by atoms with Crippen molar-refractivity contribution in [2.45, 2.75) is 6.92 Å². The smallest absolute Gasteiger partial charge is 0.255 e. The van der Waals surface area contributed by atoms with Gasteiger partial charge in [0.15, 0.2) is 0 Å². The second-order valence-corrected chi connectivity index (χ2v) is 3.87. The molecule has 0 saturated heterocycles. The summed E-state index contributed by atoms with van der Waals surface area (Å²) in [4.78, 5) is 10.2. The molecule has 0 aliphatic rings. The quantitative estimate of drug-likeness (QED) is 0.753. The maximum Gasteiger partial charge on any atom is 0.255 e. The monoisotopic (exact) mass is 255 g/mol. The average molecular weight is 256 g/mol. The molecule has 0 bridgehead atoms. The number of fused-ring (bicyclic) bond motifs is 1. The third kappa shape index (κ3) is 2.48. The largest absolute Gasteiger partial charge is 0.383 e. The highest BCUT2D eigenvalue weighted by molar-refractivity contribution is 6.29. The van der Waals surface area contributed by atoms with E-state index in [1.54, 1.807) is 17.7 Å². The Morgan fingerprint density at radius 1 is 1.53 bits per heavy atom. The van der Waals surface area contributed by atoms with Crippen molar-refractivity contribution in [2.24, 2.45) is 0 Å². The van der Waals surface area contributed by atoms with Crippen LogP contribution in [0.15, 0.2) is 12.4 Å². The zero-order valence-electron chi connectivity index (χ0n) is 9.80. The second kappa shape index (κ2) is 5.29. The van der Waals surface area contributed by atoms with Crippen molar-refractivity contribution in [1.29, 1.82) is 0 Å². The molecule has 0 amide bonds. The molecule has 6 nitrogen and oxygen atoms in total. The maximum absolute atomic E-state index is 5.97. The van der Waals surface area contributed by atoms with Crippen molar-refractivity contribution < 1.29 is 4.74 Å². The molecular weight excluding hydrogens is 242 g/mol. The lowest BCUT2D eigenvalue weighted by Crippen LogP contribution is -2.29. The first-order valence-electron chi connectivity index (χ1n) is 5.36. The summed E-state index contributed by atoms with van der Waals surface area (Å²) in [5.74, 6) is 1.38. The van der Waals surface area contributed by atoms with Crippen LogP contribution in [0, 0.1) is 0 Å². The van der Waals surface area contributed by atoms with Crippen LogP contribution in [0.1, 0.15) is 6.92 Å². The molecular formula is C10H14ClN5O. The zero-order valence-corrected chi connectivity index (χ0v) is 10.6. The first kappa shape index (κ1) is 12.1. The topological polar surface area (TPSA) is 55.5 Å². The molecule has 0 aliphatic heterocycles. The van der Waals surface area contributed by atoms with Gasteiger partial charge in [-0.3, -0.25) is 0 Å². The molecule has 7 heteroatoms. The number of anilines is 1. The van der Waals surface area contributed by atoms with Crippen LogP contribution in [-0.2, 0) is 4.74 Å². The van der Waals surface area contributed by atoms with Gasteiger partial charge in [-0.15, -0.1) is 0 Å². The Morgan fingerprint density at radius 2 is 2.35 bits per heavy atom. The van der Waals surface area contributed by atoms with E-state index in [2.05, 4.69) is 26.9 Å². The van der Waals surface area contributed by atoms with Crippen LogP contribution in [0.5, 0.6) is 0 Å². The van der Waals surface area contributed by atoms with E-state index in [9.17, 15) is 0 Å². The minimum atomic E-state index is 0.413. The number of nitrogens with zero attached hydrogens (tertiary/aromatic N) is 5. The number of methoxy groups -OCH3 is 1. The number of hydrogen-bond donors (Lipinski definition) is 0. The zero-order chi connectivity index (χ0) is 12.3. The van der Waals surface area contributed by atoms with E-state index in [0.29, 0.717) is 17.5 Å². The number of likely N-dealkylation sites (N-methyl/N-ethyl adjacent to an activating group) is 1. The fraction of sp³-hybridized carbons (Fsp3) is 0.500. The van der Waals surface area contributed by atoms with Crippen molar-refractivity contribution in [2.75, 3.05) is 31.7 Å². The highest BCUT2D eigenvalue weighted by Crippen LogP contribution is 2.18. The van der Waals surface area contributed by atoms with Crippen LogP contribution in [0.2, 0.25) is 5.15 Å². The SMILES string of the molecule is CCN(CCOC)c1cc(Cl)nc2ncnn12. The van der Waals surface area contributed by atoms with E-state index in [1.807, 2.05) is 0 Å². The van der Waals surface area contributed by atoms with E-state index in [4.69, 9.17) is 16.3 Å². The summed E-state index contributed by atoms with van der Waals surface area (Å²) < 4.78 is 6.76. The third-order valence-electron chi connectivity index (χ3n) is 2.47. The van der Waals surface area contributed by atoms with Crippen molar-refractivity contribution in [3.05, 3.63) is 17.5 Å². The van der Waals surface area contributed by atoms with Gasteiger partial charge in [0.2, 0.25) is 0 Å². The lowest BCUT2D eigenvalue weighted by atomic mass is 10.4. The predicted molar refractivity (Wildman–Crippen MR) is 65.6 cm³/mol. The first-order chi connectivity index (χ1) is 8.26. The molecule has 0 radical (unpaired) electrons. The molecule has 2 aromatic rings. The predicted octanol–water partition coefficient (Wildman–Crippen LogP) is 1.25. The van der Waals surface area contributed by atoms with Gasteiger partial charge in [0, 0.05) is 26.3 Å². The number of halogens is 1. The fourth-order valence-electron chi connectivity index (χ4n) is 1.63. The number of rotatable bonds is 5. The van der Waals surface area contributed by atoms with Gasteiger partial charge >= 0.3 is 0 Å². The van der Waals surface area contributed by atoms with E-state index in [0.717, 1.165) is 18.9 Å². The Hall–Kier alpha value is -1.40. The minimum Gasteiger partial charge on any atom is -0.383 e. The van der Waals surface area contributed by atoms with Crippen LogP contribution < -0.4 is 4.90 Å². The van der Waals surface area contributed by atoms with Gasteiger partial charge in [-0.2, -0.15) is 19.6 Å². The molecule has 0 aliphatic carbocycles. The van der Waals surface area contributed by atoms with Crippen molar-refractivity contribution in [1.82, 2.24) is 19.6 Å². The number of hydrogen-bond acceptors (Lipinski definition) is 5. The van der Waals surface area contributed by atoms with E-state index in [-0.39, 0.29) is 0 Å². The molecule has 17 heavy (non-hydrogen) atoms. The first-order valence-corrected chi connectivity index (χ1v) is 5.74. The van der Waals surface area contributed by atoms with E-state index >= 15 is 0 Å². The lowest BCUT2D eigenvalue weighted by molar-refractivity contribution is 0.205. The molecule has 92 valence electrons. The molecule has 0 saturated carbocycles. The highest BCUT2D eigenvalue weighted by Gasteiger charge is 2.12. The van der Waals surface area contributed by atoms with Crippen molar-refractivity contribution in [3.8, 4) is 0 Å². The van der Waals surface area contributed by atoms with Crippen LogP contribution >= 0.6 is 11.6 Å². The van der Waals surface area contributed by atoms with Crippen LogP contribution in [-0.4, -0.2) is 46.4 Å². The summed E-state index contributed by atoms with van der Waals surface area (Å²) in [5.41, 5.74) is 0. The third-order valence-corrected chi connectivity index (χ3v) is 2.67. The molecule has 0 N–H and O–H groups in total. The average Bonchev–Trinajstić information content (AvgIpc) is 2.77. The lowest BCUT2D eigenvalue weighted by Gasteiger charge is -2.22. The minimum absolute atomic E-state index is 0.413. The molecule has 0 aromatic carbocycles. The molecule has 0 unspecified atom stereocenters. The molecule has 0 fully saturated rings. The van der Waals surface area contributed by atoms with Gasteiger partial charge < -0.3 is 9.64 Å². The van der Waals surface area contributed by atoms with E-state index < -0.39 is 0 Å². The summed E-state index contributed by atoms with van der Waals surface area (Å²) in [7, 11) is 1.68. The van der Waals surface area contributed by atoms with Crippen LogP contribution in [0.4, 0.5) is 5.82 Å². The summed E-state index contributed by atoms with van der Waals surface area (Å²) in [6, 6.07) is 1.78. The van der Waals surface area contributed by atoms with Gasteiger partial charge in [0.1, 0.15) is 17.3 Å². The van der Waals surface area contributed by atoms with Gasteiger partial charge in [-0.25, -0.2) is 0 Å². The van der Waals surface area contributed by atoms with Gasteiger partial charge in [-0.1, -0.05) is 11.6 Å². The van der Waals surface area contributed by atoms with Gasteiger partial charge in [0.05, 0.1) is 6.61 Å². The maximum atomic E-state index is 5.97. The Kier molecular flexibility index (Phi) is 3.75. The number of aromatic nitrogens is 4. The van der Waals surface area contributed by atoms with Crippen LogP contribution in [0.3, 0.4) is 0 Å². The van der Waals surface area contributed by atoms with Crippen molar-refractivity contribution in [3.63, 3.8) is 0 Å². The standard InChI is InChI=1S/C10H14ClN5O/c1-3-15(4-5-17-2)9-6-8(11)14-10-12-7-13-16(9)10/h6-7H,3-5H2,1-2H3. The molecule has 0 spiro atoms. The summed E-state index contributed by atoms with van der Waals surface area (Å²) in [6.07, 6.45) is 1.46. The Bertz CT molecular complexity index is 500. The molecule has 2 heterocycles. The second-order valence-electron chi connectivity index (χ2n) is 3.48. The Labute approximate surface area is 104 Å². The number of ether oxygens (including phenoxy) is 1. The fourth-order valence-corrected chi connectivity index (χ4v) is 1.80. The van der Waals surface area contributed by atoms with Crippen molar-refractivity contribution >= 4 is 23.2 Å². The summed E-state index contributed by atoms with van der Waals surface area (Å²) in [5, 5.41) is 4.55. The normalized spacial score (nSPS) is 11.0. The summed E-state index contributed by atoms with van der Waals surface area (Å²) >= 11 is 5.97. The molecule has 2 aromatic heterocycles. The van der Waals surface area contributed by atoms with Gasteiger partial charge in [0.25, 0.3) is 5.78 Å². The summed E-state index contributed by atoms with van der Waals surface area (Å²) in [6.45, 7) is 4.30. The molecule has 2 rings (SSSR count). The molecule has 0 atom stereocenters. The van der Waals surface area contributed by atoms with E-state index in [1.165, 1.54) is 6.33 Å². The van der Waals surface area contributed by atoms with Gasteiger partial charge in [-0.05, 0) is 6.92 Å².